The van der Waals surface area contributed by atoms with Crippen molar-refractivity contribution in [3.63, 3.8) is 0 Å². The molecule has 0 aliphatic heterocycles. The van der Waals surface area contributed by atoms with Gasteiger partial charge >= 0.3 is 0 Å². The van der Waals surface area contributed by atoms with Crippen molar-refractivity contribution in [1.82, 2.24) is 14.9 Å². The number of carbonyl (C=O) groups is 1. The number of rotatable bonds is 6. The van der Waals surface area contributed by atoms with Gasteiger partial charge in [0, 0.05) is 18.9 Å². The zero-order valence-corrected chi connectivity index (χ0v) is 12.5. The Morgan fingerprint density at radius 1 is 1.45 bits per heavy atom. The lowest BCUT2D eigenvalue weighted by Gasteiger charge is -2.21. The fraction of sp³-hybridized carbons (Fsp3) is 0.500. The number of hydrogen-bond acceptors (Lipinski definition) is 2. The molecule has 1 aromatic heterocycles. The highest BCUT2D eigenvalue weighted by Crippen LogP contribution is 2.28. The van der Waals surface area contributed by atoms with Crippen LogP contribution in [0.4, 0.5) is 8.78 Å². The van der Waals surface area contributed by atoms with Gasteiger partial charge in [-0.1, -0.05) is 12.1 Å². The van der Waals surface area contributed by atoms with E-state index < -0.39 is 13.0 Å². The normalized spacial score (nSPS) is 14.7. The zero-order chi connectivity index (χ0) is 15.7. The van der Waals surface area contributed by atoms with Crippen LogP contribution in [-0.2, 0) is 11.2 Å². The lowest BCUT2D eigenvalue weighted by Crippen LogP contribution is -2.37. The van der Waals surface area contributed by atoms with E-state index in [1.54, 1.807) is 0 Å². The van der Waals surface area contributed by atoms with Gasteiger partial charge in [0.1, 0.15) is 5.82 Å². The first-order valence-electron chi connectivity index (χ1n) is 7.56. The van der Waals surface area contributed by atoms with Crippen molar-refractivity contribution in [2.45, 2.75) is 45.1 Å². The van der Waals surface area contributed by atoms with Crippen molar-refractivity contribution in [3.8, 4) is 0 Å². The molecule has 22 heavy (non-hydrogen) atoms. The largest absolute Gasteiger partial charge is 0.342 e. The molecule has 4 nitrogen and oxygen atoms in total. The summed E-state index contributed by atoms with van der Waals surface area (Å²) in [5, 5.41) is 0. The number of benzene rings is 1. The Bertz CT molecular complexity index is 679. The minimum atomic E-state index is -2.47. The average molecular weight is 307 g/mol. The van der Waals surface area contributed by atoms with Crippen molar-refractivity contribution in [2.75, 3.05) is 6.54 Å². The Balaban J connectivity index is 1.65. The molecule has 118 valence electrons. The van der Waals surface area contributed by atoms with Gasteiger partial charge in [-0.3, -0.25) is 4.79 Å². The molecular weight excluding hydrogens is 288 g/mol. The van der Waals surface area contributed by atoms with Gasteiger partial charge in [-0.15, -0.1) is 0 Å². The number of amides is 1. The number of aromatic amines is 1. The molecule has 2 aromatic rings. The van der Waals surface area contributed by atoms with Gasteiger partial charge in [0.15, 0.2) is 0 Å². The molecule has 0 spiro atoms. The number of H-pyrrole nitrogens is 1. The maximum atomic E-state index is 12.6. The van der Waals surface area contributed by atoms with Crippen LogP contribution in [0, 0.1) is 6.92 Å². The first-order valence-corrected chi connectivity index (χ1v) is 7.56. The molecule has 1 heterocycles. The van der Waals surface area contributed by atoms with Crippen molar-refractivity contribution >= 4 is 16.9 Å². The van der Waals surface area contributed by atoms with Crippen LogP contribution in [0.15, 0.2) is 18.2 Å². The van der Waals surface area contributed by atoms with Crippen LogP contribution in [-0.4, -0.2) is 39.8 Å². The molecule has 1 aliphatic rings. The van der Waals surface area contributed by atoms with Gasteiger partial charge in [-0.25, -0.2) is 13.8 Å². The van der Waals surface area contributed by atoms with Gasteiger partial charge in [0.05, 0.1) is 17.6 Å². The Hall–Kier alpha value is -1.98. The first-order chi connectivity index (χ1) is 10.5. The molecule has 0 saturated heterocycles. The van der Waals surface area contributed by atoms with Gasteiger partial charge in [0.25, 0.3) is 6.43 Å². The van der Waals surface area contributed by atoms with Gasteiger partial charge in [0.2, 0.25) is 5.91 Å². The highest BCUT2D eigenvalue weighted by Gasteiger charge is 2.33. The second kappa shape index (κ2) is 6.02. The number of nitrogens with zero attached hydrogens (tertiary/aromatic N) is 2. The van der Waals surface area contributed by atoms with Crippen LogP contribution in [0.5, 0.6) is 0 Å². The Kier molecular flexibility index (Phi) is 4.09. The Labute approximate surface area is 127 Å². The molecule has 1 fully saturated rings. The number of nitrogens with one attached hydrogen (secondary N) is 1. The lowest BCUT2D eigenvalue weighted by molar-refractivity contribution is -0.133. The number of fused-ring (bicyclic) bond motifs is 1. The molecule has 0 atom stereocenters. The van der Waals surface area contributed by atoms with E-state index in [0.717, 1.165) is 35.3 Å². The van der Waals surface area contributed by atoms with Crippen LogP contribution in [0.2, 0.25) is 0 Å². The first kappa shape index (κ1) is 14.9. The summed E-state index contributed by atoms with van der Waals surface area (Å²) in [4.78, 5) is 21.2. The summed E-state index contributed by atoms with van der Waals surface area (Å²) < 4.78 is 25.1. The van der Waals surface area contributed by atoms with E-state index >= 15 is 0 Å². The minimum absolute atomic E-state index is 0.0133. The van der Waals surface area contributed by atoms with Crippen LogP contribution in [0.1, 0.15) is 30.7 Å². The highest BCUT2D eigenvalue weighted by molar-refractivity contribution is 5.79. The van der Waals surface area contributed by atoms with E-state index in [1.165, 1.54) is 4.90 Å². The summed E-state index contributed by atoms with van der Waals surface area (Å²) in [7, 11) is 0. The molecule has 0 unspecified atom stereocenters. The van der Waals surface area contributed by atoms with Crippen molar-refractivity contribution < 1.29 is 13.6 Å². The van der Waals surface area contributed by atoms with Gasteiger partial charge < -0.3 is 9.88 Å². The maximum absolute atomic E-state index is 12.6. The molecule has 6 heteroatoms. The van der Waals surface area contributed by atoms with Crippen LogP contribution in [0.3, 0.4) is 0 Å². The number of para-hydroxylation sites is 1. The predicted molar refractivity (Wildman–Crippen MR) is 79.9 cm³/mol. The number of alkyl halides is 2. The van der Waals surface area contributed by atoms with Crippen molar-refractivity contribution in [1.29, 1.82) is 0 Å². The summed E-state index contributed by atoms with van der Waals surface area (Å²) in [6, 6.07) is 5.88. The number of carbonyl (C=O) groups excluding carboxylic acids is 1. The van der Waals surface area contributed by atoms with E-state index in [4.69, 9.17) is 0 Å². The highest BCUT2D eigenvalue weighted by atomic mass is 19.3. The van der Waals surface area contributed by atoms with Gasteiger partial charge in [-0.2, -0.15) is 0 Å². The van der Waals surface area contributed by atoms with E-state index in [1.807, 2.05) is 25.1 Å². The molecule has 1 aromatic carbocycles. The molecular formula is C16H19F2N3O. The van der Waals surface area contributed by atoms with Crippen molar-refractivity contribution in [2.24, 2.45) is 0 Å². The molecule has 1 saturated carbocycles. The third kappa shape index (κ3) is 3.26. The van der Waals surface area contributed by atoms with E-state index in [0.29, 0.717) is 6.42 Å². The topological polar surface area (TPSA) is 49.0 Å². The molecule has 3 rings (SSSR count). The molecule has 0 radical (unpaired) electrons. The van der Waals surface area contributed by atoms with Crippen molar-refractivity contribution in [3.05, 3.63) is 29.6 Å². The average Bonchev–Trinajstić information content (AvgIpc) is 3.22. The number of aromatic nitrogens is 2. The standard InChI is InChI=1S/C16H19F2N3O/c1-10-3-2-4-12-16(10)20-14(19-12)7-8-15(22)21(9-13(17)18)11-5-6-11/h2-4,11,13H,5-9H2,1H3,(H,19,20). The fourth-order valence-electron chi connectivity index (χ4n) is 2.70. The third-order valence-corrected chi connectivity index (χ3v) is 3.98. The molecule has 1 aliphatic carbocycles. The van der Waals surface area contributed by atoms with Crippen LogP contribution in [0.25, 0.3) is 11.0 Å². The van der Waals surface area contributed by atoms with E-state index in [9.17, 15) is 13.6 Å². The monoisotopic (exact) mass is 307 g/mol. The van der Waals surface area contributed by atoms with E-state index in [-0.39, 0.29) is 18.4 Å². The maximum Gasteiger partial charge on any atom is 0.255 e. The number of hydrogen-bond donors (Lipinski definition) is 1. The van der Waals surface area contributed by atoms with Gasteiger partial charge in [-0.05, 0) is 31.4 Å². The predicted octanol–water partition coefficient (Wildman–Crippen LogP) is 3.06. The number of aryl methyl sites for hydroxylation is 2. The lowest BCUT2D eigenvalue weighted by atomic mass is 10.2. The summed E-state index contributed by atoms with van der Waals surface area (Å²) in [5.74, 6) is 0.519. The van der Waals surface area contributed by atoms with E-state index in [2.05, 4.69) is 9.97 Å². The molecule has 1 amide bonds. The Morgan fingerprint density at radius 2 is 2.23 bits per heavy atom. The minimum Gasteiger partial charge on any atom is -0.342 e. The van der Waals surface area contributed by atoms with Crippen LogP contribution < -0.4 is 0 Å². The molecule has 1 N–H and O–H groups in total. The third-order valence-electron chi connectivity index (χ3n) is 3.98. The fourth-order valence-corrected chi connectivity index (χ4v) is 2.70. The second-order valence-electron chi connectivity index (χ2n) is 5.82. The Morgan fingerprint density at radius 3 is 2.86 bits per heavy atom. The second-order valence-corrected chi connectivity index (χ2v) is 5.82. The summed E-state index contributed by atoms with van der Waals surface area (Å²) in [5.41, 5.74) is 2.91. The molecule has 0 bridgehead atoms. The summed E-state index contributed by atoms with van der Waals surface area (Å²) in [6.07, 6.45) is -0.148. The number of halogens is 2. The smallest absolute Gasteiger partial charge is 0.255 e. The zero-order valence-electron chi connectivity index (χ0n) is 12.5. The summed E-state index contributed by atoms with van der Waals surface area (Å²) in [6.45, 7) is 1.53. The quantitative estimate of drug-likeness (QED) is 0.891. The SMILES string of the molecule is Cc1cccc2[nH]c(CCC(=O)N(CC(F)F)C3CC3)nc12. The van der Waals surface area contributed by atoms with Crippen LogP contribution >= 0.6 is 0 Å². The summed E-state index contributed by atoms with van der Waals surface area (Å²) >= 11 is 0. The number of imidazole rings is 1.